The largest absolute Gasteiger partial charge is 0.493 e. The second-order valence-electron chi connectivity index (χ2n) is 3.23. The lowest BCUT2D eigenvalue weighted by molar-refractivity contribution is -0.115. The van der Waals surface area contributed by atoms with Crippen LogP contribution in [0.25, 0.3) is 0 Å². The van der Waals surface area contributed by atoms with Crippen molar-refractivity contribution in [3.05, 3.63) is 23.8 Å². The van der Waals surface area contributed by atoms with Gasteiger partial charge in [-0.15, -0.1) is 0 Å². The molecule has 0 unspecified atom stereocenters. The highest BCUT2D eigenvalue weighted by molar-refractivity contribution is 9.09. The normalized spacial score (nSPS) is 9.94. The predicted molar refractivity (Wildman–Crippen MR) is 66.7 cm³/mol. The summed E-state index contributed by atoms with van der Waals surface area (Å²) in [6.07, 6.45) is 0.359. The van der Waals surface area contributed by atoms with E-state index in [-0.39, 0.29) is 5.78 Å². The lowest BCUT2D eigenvalue weighted by atomic mass is 10.1. The van der Waals surface area contributed by atoms with Crippen LogP contribution in [0.5, 0.6) is 11.5 Å². The van der Waals surface area contributed by atoms with Crippen LogP contribution in [-0.4, -0.2) is 24.8 Å². The van der Waals surface area contributed by atoms with Crippen LogP contribution in [-0.2, 0) is 11.2 Å². The van der Waals surface area contributed by atoms with Gasteiger partial charge >= 0.3 is 0 Å². The fraction of sp³-hybridized carbons (Fsp3) is 0.417. The van der Waals surface area contributed by atoms with Gasteiger partial charge in [-0.3, -0.25) is 4.79 Å². The number of carbonyl (C=O) groups excluding carboxylic acids is 1. The number of Topliss-reactive ketones (excluding diaryl/α,β-unsaturated/α-hetero) is 1. The van der Waals surface area contributed by atoms with Crippen LogP contribution in [0.1, 0.15) is 12.5 Å². The predicted octanol–water partition coefficient (Wildman–Crippen LogP) is 2.60. The molecule has 0 aliphatic rings. The van der Waals surface area contributed by atoms with Crippen molar-refractivity contribution in [2.24, 2.45) is 0 Å². The van der Waals surface area contributed by atoms with Gasteiger partial charge in [-0.2, -0.15) is 0 Å². The van der Waals surface area contributed by atoms with Crippen LogP contribution in [0.3, 0.4) is 0 Å². The maximum absolute atomic E-state index is 11.4. The minimum atomic E-state index is 0.120. The number of rotatable bonds is 6. The number of ether oxygens (including phenoxy) is 2. The van der Waals surface area contributed by atoms with E-state index >= 15 is 0 Å². The number of para-hydroxylation sites is 1. The van der Waals surface area contributed by atoms with Crippen molar-refractivity contribution in [2.75, 3.05) is 19.0 Å². The van der Waals surface area contributed by atoms with Gasteiger partial charge in [0, 0.05) is 12.0 Å². The minimum Gasteiger partial charge on any atom is -0.493 e. The summed E-state index contributed by atoms with van der Waals surface area (Å²) in [5.74, 6) is 1.46. The molecule has 16 heavy (non-hydrogen) atoms. The summed E-state index contributed by atoms with van der Waals surface area (Å²) in [6.45, 7) is 2.46. The molecular formula is C12H15BrO3. The first-order chi connectivity index (χ1) is 7.72. The Bertz CT molecular complexity index is 363. The summed E-state index contributed by atoms with van der Waals surface area (Å²) >= 11 is 3.15. The Morgan fingerprint density at radius 1 is 1.44 bits per heavy atom. The van der Waals surface area contributed by atoms with Gasteiger partial charge < -0.3 is 9.47 Å². The first kappa shape index (κ1) is 13.0. The molecule has 0 spiro atoms. The van der Waals surface area contributed by atoms with Crippen molar-refractivity contribution in [1.29, 1.82) is 0 Å². The fourth-order valence-corrected chi connectivity index (χ4v) is 1.63. The Balaban J connectivity index is 3.01. The van der Waals surface area contributed by atoms with Crippen LogP contribution in [0.2, 0.25) is 0 Å². The van der Waals surface area contributed by atoms with Crippen LogP contribution in [0, 0.1) is 0 Å². The maximum Gasteiger partial charge on any atom is 0.164 e. The Hall–Kier alpha value is -1.03. The molecule has 4 heteroatoms. The van der Waals surface area contributed by atoms with E-state index < -0.39 is 0 Å². The van der Waals surface area contributed by atoms with Crippen molar-refractivity contribution in [3.63, 3.8) is 0 Å². The number of carbonyl (C=O) groups is 1. The number of benzene rings is 1. The Morgan fingerprint density at radius 2 is 2.19 bits per heavy atom. The van der Waals surface area contributed by atoms with Gasteiger partial charge in [-0.25, -0.2) is 0 Å². The summed E-state index contributed by atoms with van der Waals surface area (Å²) in [5.41, 5.74) is 0.866. The van der Waals surface area contributed by atoms with Gasteiger partial charge in [0.1, 0.15) is 5.78 Å². The van der Waals surface area contributed by atoms with Gasteiger partial charge in [-0.05, 0) is 13.0 Å². The standard InChI is InChI=1S/C12H15BrO3/c1-3-16-12-9(7-10(14)8-13)5-4-6-11(12)15-2/h4-6H,3,7-8H2,1-2H3. The van der Waals surface area contributed by atoms with Gasteiger partial charge in [0.15, 0.2) is 11.5 Å². The minimum absolute atomic E-state index is 0.120. The summed E-state index contributed by atoms with van der Waals surface area (Å²) < 4.78 is 10.7. The lowest BCUT2D eigenvalue weighted by Gasteiger charge is -2.13. The van der Waals surface area contributed by atoms with Gasteiger partial charge in [0.05, 0.1) is 19.0 Å². The Labute approximate surface area is 104 Å². The molecule has 0 N–H and O–H groups in total. The molecule has 0 fully saturated rings. The monoisotopic (exact) mass is 286 g/mol. The van der Waals surface area contributed by atoms with Crippen molar-refractivity contribution >= 4 is 21.7 Å². The molecule has 1 aromatic rings. The van der Waals surface area contributed by atoms with Gasteiger partial charge in [0.2, 0.25) is 0 Å². The Morgan fingerprint density at radius 3 is 2.75 bits per heavy atom. The van der Waals surface area contributed by atoms with E-state index in [1.807, 2.05) is 25.1 Å². The molecule has 1 aromatic carbocycles. The Kier molecular flexibility index (Phi) is 5.32. The number of ketones is 1. The zero-order chi connectivity index (χ0) is 12.0. The number of hydrogen-bond acceptors (Lipinski definition) is 3. The first-order valence-electron chi connectivity index (χ1n) is 5.09. The number of hydrogen-bond donors (Lipinski definition) is 0. The molecule has 0 amide bonds. The van der Waals surface area contributed by atoms with Gasteiger partial charge in [-0.1, -0.05) is 28.1 Å². The molecular weight excluding hydrogens is 272 g/mol. The van der Waals surface area contributed by atoms with E-state index in [0.717, 1.165) is 5.56 Å². The third kappa shape index (κ3) is 3.23. The van der Waals surface area contributed by atoms with E-state index in [0.29, 0.717) is 29.9 Å². The van der Waals surface area contributed by atoms with Crippen LogP contribution in [0.15, 0.2) is 18.2 Å². The molecule has 0 atom stereocenters. The maximum atomic E-state index is 11.4. The molecule has 0 aliphatic carbocycles. The van der Waals surface area contributed by atoms with Crippen molar-refractivity contribution in [1.82, 2.24) is 0 Å². The summed E-state index contributed by atoms with van der Waals surface area (Å²) in [7, 11) is 1.59. The second kappa shape index (κ2) is 6.53. The molecule has 3 nitrogen and oxygen atoms in total. The smallest absolute Gasteiger partial charge is 0.164 e. The molecule has 0 saturated heterocycles. The van der Waals surface area contributed by atoms with Crippen LogP contribution >= 0.6 is 15.9 Å². The third-order valence-electron chi connectivity index (χ3n) is 2.11. The van der Waals surface area contributed by atoms with Crippen LogP contribution < -0.4 is 9.47 Å². The van der Waals surface area contributed by atoms with E-state index in [4.69, 9.17) is 9.47 Å². The second-order valence-corrected chi connectivity index (χ2v) is 3.79. The quantitative estimate of drug-likeness (QED) is 0.754. The average molecular weight is 287 g/mol. The molecule has 88 valence electrons. The zero-order valence-corrected chi connectivity index (χ0v) is 11.0. The van der Waals surface area contributed by atoms with Gasteiger partial charge in [0.25, 0.3) is 0 Å². The van der Waals surface area contributed by atoms with E-state index in [1.54, 1.807) is 7.11 Å². The first-order valence-corrected chi connectivity index (χ1v) is 6.21. The molecule has 0 aliphatic heterocycles. The third-order valence-corrected chi connectivity index (χ3v) is 2.73. The fourth-order valence-electron chi connectivity index (χ4n) is 1.43. The van der Waals surface area contributed by atoms with Crippen molar-refractivity contribution < 1.29 is 14.3 Å². The molecule has 0 radical (unpaired) electrons. The van der Waals surface area contributed by atoms with Crippen molar-refractivity contribution in [2.45, 2.75) is 13.3 Å². The van der Waals surface area contributed by atoms with E-state index in [9.17, 15) is 4.79 Å². The molecule has 1 rings (SSSR count). The van der Waals surface area contributed by atoms with Crippen molar-refractivity contribution in [3.8, 4) is 11.5 Å². The average Bonchev–Trinajstić information content (AvgIpc) is 2.31. The highest BCUT2D eigenvalue weighted by Gasteiger charge is 2.12. The highest BCUT2D eigenvalue weighted by Crippen LogP contribution is 2.31. The highest BCUT2D eigenvalue weighted by atomic mass is 79.9. The summed E-state index contributed by atoms with van der Waals surface area (Å²) in [5, 5.41) is 0.357. The molecule has 0 saturated carbocycles. The lowest BCUT2D eigenvalue weighted by Crippen LogP contribution is -2.07. The summed E-state index contributed by atoms with van der Waals surface area (Å²) in [6, 6.07) is 5.57. The number of halogens is 1. The number of alkyl halides is 1. The zero-order valence-electron chi connectivity index (χ0n) is 9.46. The molecule has 0 bridgehead atoms. The summed E-state index contributed by atoms with van der Waals surface area (Å²) in [4.78, 5) is 11.4. The van der Waals surface area contributed by atoms with E-state index in [1.165, 1.54) is 0 Å². The number of methoxy groups -OCH3 is 1. The SMILES string of the molecule is CCOc1c(CC(=O)CBr)cccc1OC. The topological polar surface area (TPSA) is 35.5 Å². The van der Waals surface area contributed by atoms with Crippen LogP contribution in [0.4, 0.5) is 0 Å². The molecule has 0 heterocycles. The van der Waals surface area contributed by atoms with E-state index in [2.05, 4.69) is 15.9 Å². The molecule has 0 aromatic heterocycles.